The number of H-pyrrole nitrogens is 1. The van der Waals surface area contributed by atoms with Gasteiger partial charge in [-0.3, -0.25) is 15.2 Å². The van der Waals surface area contributed by atoms with Gasteiger partial charge in [-0.1, -0.05) is 41.4 Å². The normalized spacial score (nSPS) is 14.9. The highest BCUT2D eigenvalue weighted by Gasteiger charge is 2.37. The molecule has 0 fully saturated rings. The predicted molar refractivity (Wildman–Crippen MR) is 124 cm³/mol. The van der Waals surface area contributed by atoms with E-state index in [-0.39, 0.29) is 34.3 Å². The summed E-state index contributed by atoms with van der Waals surface area (Å²) < 4.78 is 11.7. The highest BCUT2D eigenvalue weighted by Crippen LogP contribution is 2.47. The van der Waals surface area contributed by atoms with Crippen molar-refractivity contribution in [3.05, 3.63) is 98.1 Å². The number of nitro benzene ring substituents is 1. The van der Waals surface area contributed by atoms with Crippen LogP contribution in [0.15, 0.2) is 70.5 Å². The van der Waals surface area contributed by atoms with E-state index in [1.807, 2.05) is 31.2 Å². The summed E-state index contributed by atoms with van der Waals surface area (Å²) in [5.74, 6) is -0.0234. The first-order valence-electron chi connectivity index (χ1n) is 10.1. The molecule has 0 unspecified atom stereocenters. The molecular weight excluding hydrogens is 458 g/mol. The summed E-state index contributed by atoms with van der Waals surface area (Å²) in [5.41, 5.74) is 9.39. The number of allylic oxidation sites excluding steroid dienone is 1. The summed E-state index contributed by atoms with van der Waals surface area (Å²) >= 11 is 6.08. The molecule has 3 heterocycles. The number of rotatable bonds is 4. The number of nitro groups is 1. The van der Waals surface area contributed by atoms with Crippen molar-refractivity contribution in [2.75, 3.05) is 0 Å². The average molecular weight is 474 g/mol. The zero-order chi connectivity index (χ0) is 24.0. The molecule has 0 radical (unpaired) electrons. The molecule has 0 saturated carbocycles. The van der Waals surface area contributed by atoms with Crippen LogP contribution >= 0.6 is 11.6 Å². The highest BCUT2D eigenvalue weighted by molar-refractivity contribution is 6.31. The summed E-state index contributed by atoms with van der Waals surface area (Å²) in [7, 11) is 0. The number of benzene rings is 2. The Bertz CT molecular complexity index is 1510. The van der Waals surface area contributed by atoms with Crippen molar-refractivity contribution < 1.29 is 14.1 Å². The van der Waals surface area contributed by atoms with Crippen LogP contribution in [-0.4, -0.2) is 15.1 Å². The van der Waals surface area contributed by atoms with Crippen LogP contribution < -0.4 is 10.5 Å². The Morgan fingerprint density at radius 3 is 2.68 bits per heavy atom. The van der Waals surface area contributed by atoms with E-state index in [1.165, 1.54) is 18.2 Å². The Labute approximate surface area is 198 Å². The maximum absolute atomic E-state index is 11.5. The van der Waals surface area contributed by atoms with Gasteiger partial charge in [0.25, 0.3) is 5.69 Å². The smallest absolute Gasteiger partial charge is 0.280 e. The van der Waals surface area contributed by atoms with Crippen molar-refractivity contribution in [3.63, 3.8) is 0 Å². The largest absolute Gasteiger partial charge is 0.460 e. The fourth-order valence-corrected chi connectivity index (χ4v) is 4.16. The lowest BCUT2D eigenvalue weighted by atomic mass is 9.86. The Balaban J connectivity index is 1.67. The van der Waals surface area contributed by atoms with E-state index < -0.39 is 10.8 Å². The number of aromatic amines is 1. The Hall–Kier alpha value is -4.55. The van der Waals surface area contributed by atoms with Gasteiger partial charge in [0.05, 0.1) is 27.7 Å². The van der Waals surface area contributed by atoms with E-state index >= 15 is 0 Å². The standard InChI is InChI=1S/C24H16ClN5O4/c1-12-2-4-13(5-3-12)22-21-20(16(11-26)23(27)34-24(21)29-28-22)19-9-8-18(33-19)15-10-14(25)6-7-17(15)30(31)32/h2-10,20H,27H2,1H3,(H,28,29)/t20-/m1/s1. The summed E-state index contributed by atoms with van der Waals surface area (Å²) in [6.07, 6.45) is 0. The third-order valence-corrected chi connectivity index (χ3v) is 5.85. The van der Waals surface area contributed by atoms with Crippen LogP contribution in [0, 0.1) is 28.4 Å². The van der Waals surface area contributed by atoms with E-state index in [9.17, 15) is 15.4 Å². The molecule has 9 nitrogen and oxygen atoms in total. The van der Waals surface area contributed by atoms with E-state index in [0.717, 1.165) is 11.1 Å². The quantitative estimate of drug-likeness (QED) is 0.297. The molecule has 168 valence electrons. The maximum Gasteiger partial charge on any atom is 0.280 e. The van der Waals surface area contributed by atoms with Gasteiger partial charge in [0.1, 0.15) is 23.2 Å². The molecule has 5 rings (SSSR count). The maximum atomic E-state index is 11.5. The molecule has 4 aromatic rings. The predicted octanol–water partition coefficient (Wildman–Crippen LogP) is 5.42. The minimum Gasteiger partial charge on any atom is -0.460 e. The van der Waals surface area contributed by atoms with Gasteiger partial charge in [0.2, 0.25) is 11.8 Å². The number of hydrogen-bond acceptors (Lipinski definition) is 7. The SMILES string of the molecule is Cc1ccc(-c2[nH]nc3c2[C@@H](c2ccc(-c4cc(Cl)ccc4[N+](=O)[O-])o2)C(C#N)=C(N)O3)cc1. The van der Waals surface area contributed by atoms with E-state index in [0.29, 0.717) is 22.0 Å². The number of fused-ring (bicyclic) bond motifs is 1. The van der Waals surface area contributed by atoms with Crippen molar-refractivity contribution in [2.24, 2.45) is 5.73 Å². The van der Waals surface area contributed by atoms with Gasteiger partial charge in [0.15, 0.2) is 0 Å². The molecule has 1 aliphatic rings. The molecule has 2 aromatic heterocycles. The van der Waals surface area contributed by atoms with E-state index in [1.54, 1.807) is 12.1 Å². The summed E-state index contributed by atoms with van der Waals surface area (Å²) in [6.45, 7) is 1.98. The summed E-state index contributed by atoms with van der Waals surface area (Å²) in [5, 5.41) is 29.0. The van der Waals surface area contributed by atoms with Crippen LogP contribution in [0.3, 0.4) is 0 Å². The molecule has 0 bridgehead atoms. The van der Waals surface area contributed by atoms with Gasteiger partial charge < -0.3 is 14.9 Å². The van der Waals surface area contributed by atoms with Crippen LogP contribution in [0.5, 0.6) is 5.88 Å². The molecule has 3 N–H and O–H groups in total. The van der Waals surface area contributed by atoms with Crippen LogP contribution in [-0.2, 0) is 0 Å². The first-order chi connectivity index (χ1) is 16.4. The molecule has 1 atom stereocenters. The second-order valence-electron chi connectivity index (χ2n) is 7.73. The summed E-state index contributed by atoms with van der Waals surface area (Å²) in [6, 6.07) is 17.3. The average Bonchev–Trinajstić information content (AvgIpc) is 3.46. The number of furan rings is 1. The van der Waals surface area contributed by atoms with E-state index in [4.69, 9.17) is 26.5 Å². The molecule has 0 saturated heterocycles. The zero-order valence-electron chi connectivity index (χ0n) is 17.7. The molecule has 0 amide bonds. The number of aromatic nitrogens is 2. The van der Waals surface area contributed by atoms with Crippen LogP contribution in [0.2, 0.25) is 5.02 Å². The Kier molecular flexibility index (Phi) is 5.07. The van der Waals surface area contributed by atoms with Gasteiger partial charge in [-0.15, -0.1) is 5.10 Å². The third kappa shape index (κ3) is 3.46. The fourth-order valence-electron chi connectivity index (χ4n) is 3.99. The number of aryl methyl sites for hydroxylation is 1. The second kappa shape index (κ2) is 8.10. The number of nitrogens with zero attached hydrogens (tertiary/aromatic N) is 3. The fraction of sp³-hybridized carbons (Fsp3) is 0.0833. The monoisotopic (exact) mass is 473 g/mol. The van der Waals surface area contributed by atoms with Gasteiger partial charge in [-0.05, 0) is 31.2 Å². The molecule has 10 heteroatoms. The van der Waals surface area contributed by atoms with E-state index in [2.05, 4.69) is 16.3 Å². The lowest BCUT2D eigenvalue weighted by Gasteiger charge is -2.22. The van der Waals surface area contributed by atoms with Crippen molar-refractivity contribution in [1.82, 2.24) is 10.2 Å². The first-order valence-corrected chi connectivity index (χ1v) is 10.5. The number of halogens is 1. The highest BCUT2D eigenvalue weighted by atomic mass is 35.5. The summed E-state index contributed by atoms with van der Waals surface area (Å²) in [4.78, 5) is 11.0. The van der Waals surface area contributed by atoms with Crippen molar-refractivity contribution in [1.29, 1.82) is 5.26 Å². The van der Waals surface area contributed by atoms with Crippen molar-refractivity contribution in [2.45, 2.75) is 12.8 Å². The van der Waals surface area contributed by atoms with Gasteiger partial charge in [-0.2, -0.15) is 5.26 Å². The van der Waals surface area contributed by atoms with Crippen LogP contribution in [0.4, 0.5) is 5.69 Å². The minimum atomic E-state index is -0.740. The van der Waals surface area contributed by atoms with Crippen molar-refractivity contribution >= 4 is 17.3 Å². The topological polar surface area (TPSA) is 144 Å². The van der Waals surface area contributed by atoms with Crippen LogP contribution in [0.25, 0.3) is 22.6 Å². The van der Waals surface area contributed by atoms with Gasteiger partial charge in [0, 0.05) is 16.7 Å². The molecule has 0 spiro atoms. The number of nitrogens with two attached hydrogens (primary N) is 1. The van der Waals surface area contributed by atoms with Crippen LogP contribution in [0.1, 0.15) is 22.8 Å². The van der Waals surface area contributed by atoms with Gasteiger partial charge >= 0.3 is 0 Å². The number of nitriles is 1. The number of nitrogens with one attached hydrogen (secondary N) is 1. The Morgan fingerprint density at radius 2 is 1.97 bits per heavy atom. The molecule has 34 heavy (non-hydrogen) atoms. The molecule has 0 aliphatic carbocycles. The minimum absolute atomic E-state index is 0.0892. The first kappa shape index (κ1) is 21.3. The van der Waals surface area contributed by atoms with Gasteiger partial charge in [-0.25, -0.2) is 0 Å². The molecular formula is C24H16ClN5O4. The number of hydrogen-bond donors (Lipinski definition) is 2. The zero-order valence-corrected chi connectivity index (χ0v) is 18.5. The lowest BCUT2D eigenvalue weighted by Crippen LogP contribution is -2.20. The third-order valence-electron chi connectivity index (χ3n) is 5.61. The second-order valence-corrected chi connectivity index (χ2v) is 8.17. The molecule has 2 aromatic carbocycles. The molecule has 1 aliphatic heterocycles. The Morgan fingerprint density at radius 1 is 1.21 bits per heavy atom. The van der Waals surface area contributed by atoms with Crippen molar-refractivity contribution in [3.8, 4) is 34.5 Å². The lowest BCUT2D eigenvalue weighted by molar-refractivity contribution is -0.384. The number of ether oxygens (including phenoxy) is 1.